The van der Waals surface area contributed by atoms with E-state index in [1.54, 1.807) is 0 Å². The maximum atomic E-state index is 12.6. The number of carbonyl (C=O) groups is 3. The van der Waals surface area contributed by atoms with Gasteiger partial charge in [0.15, 0.2) is 0 Å². The Balaban J connectivity index is 1.67. The number of nitrogens with zero attached hydrogens (tertiary/aromatic N) is 2. The molecule has 146 valence electrons. The first kappa shape index (κ1) is 19.6. The van der Waals surface area contributed by atoms with E-state index in [4.69, 9.17) is 0 Å². The molecule has 3 amide bonds. The maximum Gasteiger partial charge on any atom is 0.316 e. The van der Waals surface area contributed by atoms with Crippen LogP contribution in [0.2, 0.25) is 0 Å². The van der Waals surface area contributed by atoms with Crippen LogP contribution in [0.4, 0.5) is 11.4 Å². The summed E-state index contributed by atoms with van der Waals surface area (Å²) in [6.45, 7) is 6.48. The van der Waals surface area contributed by atoms with Crippen LogP contribution in [0.15, 0.2) is 42.5 Å². The molecule has 1 saturated heterocycles. The summed E-state index contributed by atoms with van der Waals surface area (Å²) in [6, 6.07) is 13.4. The highest BCUT2D eigenvalue weighted by molar-refractivity contribution is 6.41. The standard InChI is InChI=1S/C22H25N3O3/c1-4-17-7-5-6-8-19(17)23-20(26)14-24-9-10-25(22(28)21(24)27)18-12-15(2)11-16(3)13-18/h5-8,11-13H,4,9-10,14H2,1-3H3,(H,23,26). The molecule has 28 heavy (non-hydrogen) atoms. The molecule has 3 rings (SSSR count). The fourth-order valence-electron chi connectivity index (χ4n) is 3.49. The average molecular weight is 379 g/mol. The lowest BCUT2D eigenvalue weighted by Crippen LogP contribution is -2.56. The number of nitrogens with one attached hydrogen (secondary N) is 1. The molecule has 0 spiro atoms. The number of piperazine rings is 1. The third kappa shape index (κ3) is 4.22. The lowest BCUT2D eigenvalue weighted by atomic mass is 10.1. The molecule has 0 saturated carbocycles. The first-order valence-corrected chi connectivity index (χ1v) is 9.46. The Hall–Kier alpha value is -3.15. The summed E-state index contributed by atoms with van der Waals surface area (Å²) in [7, 11) is 0. The molecular formula is C22H25N3O3. The van der Waals surface area contributed by atoms with Crippen molar-refractivity contribution in [1.29, 1.82) is 0 Å². The minimum Gasteiger partial charge on any atom is -0.324 e. The summed E-state index contributed by atoms with van der Waals surface area (Å²) >= 11 is 0. The summed E-state index contributed by atoms with van der Waals surface area (Å²) in [5.41, 5.74) is 4.55. The van der Waals surface area contributed by atoms with Crippen LogP contribution in [0.5, 0.6) is 0 Å². The number of amides is 3. The SMILES string of the molecule is CCc1ccccc1NC(=O)CN1CCN(c2cc(C)cc(C)c2)C(=O)C1=O. The Kier molecular flexibility index (Phi) is 5.78. The van der Waals surface area contributed by atoms with E-state index in [1.165, 1.54) is 9.80 Å². The van der Waals surface area contributed by atoms with Crippen LogP contribution >= 0.6 is 0 Å². The first-order valence-electron chi connectivity index (χ1n) is 9.46. The zero-order chi connectivity index (χ0) is 20.3. The molecular weight excluding hydrogens is 354 g/mol. The van der Waals surface area contributed by atoms with Gasteiger partial charge in [-0.25, -0.2) is 0 Å². The average Bonchev–Trinajstić information content (AvgIpc) is 2.65. The molecule has 0 bridgehead atoms. The van der Waals surface area contributed by atoms with E-state index < -0.39 is 11.8 Å². The van der Waals surface area contributed by atoms with Gasteiger partial charge in [-0.3, -0.25) is 14.4 Å². The molecule has 6 heteroatoms. The Morgan fingerprint density at radius 3 is 2.36 bits per heavy atom. The van der Waals surface area contributed by atoms with Gasteiger partial charge in [0.1, 0.15) is 6.54 Å². The highest BCUT2D eigenvalue weighted by Crippen LogP contribution is 2.21. The van der Waals surface area contributed by atoms with E-state index in [1.807, 2.05) is 63.2 Å². The molecule has 0 atom stereocenters. The topological polar surface area (TPSA) is 69.7 Å². The van der Waals surface area contributed by atoms with E-state index in [2.05, 4.69) is 5.32 Å². The van der Waals surface area contributed by atoms with Crippen LogP contribution in [0, 0.1) is 13.8 Å². The zero-order valence-electron chi connectivity index (χ0n) is 16.5. The largest absolute Gasteiger partial charge is 0.324 e. The highest BCUT2D eigenvalue weighted by atomic mass is 16.2. The van der Waals surface area contributed by atoms with Gasteiger partial charge in [0.25, 0.3) is 0 Å². The zero-order valence-corrected chi connectivity index (χ0v) is 16.5. The molecule has 0 radical (unpaired) electrons. The molecule has 0 aromatic heterocycles. The highest BCUT2D eigenvalue weighted by Gasteiger charge is 2.34. The lowest BCUT2D eigenvalue weighted by molar-refractivity contribution is -0.147. The fourth-order valence-corrected chi connectivity index (χ4v) is 3.49. The van der Waals surface area contributed by atoms with Gasteiger partial charge in [-0.05, 0) is 55.2 Å². The quantitative estimate of drug-likeness (QED) is 0.812. The summed E-state index contributed by atoms with van der Waals surface area (Å²) in [5, 5.41) is 2.84. The minimum atomic E-state index is -0.649. The Labute approximate surface area is 165 Å². The van der Waals surface area contributed by atoms with E-state index in [0.717, 1.165) is 34.5 Å². The second kappa shape index (κ2) is 8.25. The van der Waals surface area contributed by atoms with E-state index in [9.17, 15) is 14.4 Å². The number of hydrogen-bond donors (Lipinski definition) is 1. The van der Waals surface area contributed by atoms with E-state index in [-0.39, 0.29) is 12.5 Å². The van der Waals surface area contributed by atoms with Crippen molar-refractivity contribution in [1.82, 2.24) is 4.90 Å². The number of aryl methyl sites for hydroxylation is 3. The molecule has 0 unspecified atom stereocenters. The number of hydrogen-bond acceptors (Lipinski definition) is 3. The normalized spacial score (nSPS) is 14.4. The van der Waals surface area contributed by atoms with Crippen molar-refractivity contribution in [2.45, 2.75) is 27.2 Å². The summed E-state index contributed by atoms with van der Waals surface area (Å²) in [4.78, 5) is 40.4. The lowest BCUT2D eigenvalue weighted by Gasteiger charge is -2.33. The molecule has 2 aromatic rings. The van der Waals surface area contributed by atoms with Gasteiger partial charge < -0.3 is 15.1 Å². The van der Waals surface area contributed by atoms with Gasteiger partial charge in [0, 0.05) is 24.5 Å². The van der Waals surface area contributed by atoms with Crippen LogP contribution in [0.3, 0.4) is 0 Å². The number of para-hydroxylation sites is 1. The molecule has 0 aliphatic carbocycles. The van der Waals surface area contributed by atoms with Crippen molar-refractivity contribution in [3.63, 3.8) is 0 Å². The summed E-state index contributed by atoms with van der Waals surface area (Å²) in [5.74, 6) is -1.55. The predicted molar refractivity (Wildman–Crippen MR) is 109 cm³/mol. The first-order chi connectivity index (χ1) is 13.4. The summed E-state index contributed by atoms with van der Waals surface area (Å²) in [6.07, 6.45) is 0.794. The third-order valence-corrected chi connectivity index (χ3v) is 4.83. The molecule has 1 aliphatic rings. The molecule has 2 aromatic carbocycles. The van der Waals surface area contributed by atoms with Gasteiger partial charge in [-0.2, -0.15) is 0 Å². The number of benzene rings is 2. The molecule has 1 heterocycles. The minimum absolute atomic E-state index is 0.136. The van der Waals surface area contributed by atoms with E-state index >= 15 is 0 Å². The van der Waals surface area contributed by atoms with Crippen LogP contribution in [0.25, 0.3) is 0 Å². The molecule has 1 fully saturated rings. The number of carbonyl (C=O) groups excluding carboxylic acids is 3. The van der Waals surface area contributed by atoms with Gasteiger partial charge in [-0.15, -0.1) is 0 Å². The monoisotopic (exact) mass is 379 g/mol. The van der Waals surface area contributed by atoms with Crippen molar-refractivity contribution in [3.8, 4) is 0 Å². The summed E-state index contributed by atoms with van der Waals surface area (Å²) < 4.78 is 0. The maximum absolute atomic E-state index is 12.6. The Morgan fingerprint density at radius 1 is 1.00 bits per heavy atom. The molecule has 6 nitrogen and oxygen atoms in total. The van der Waals surface area contributed by atoms with Crippen LogP contribution in [-0.4, -0.2) is 42.3 Å². The van der Waals surface area contributed by atoms with Gasteiger partial charge in [-0.1, -0.05) is 31.2 Å². The molecule has 1 aliphatic heterocycles. The van der Waals surface area contributed by atoms with E-state index in [0.29, 0.717) is 13.1 Å². The second-order valence-electron chi connectivity index (χ2n) is 7.09. The third-order valence-electron chi connectivity index (χ3n) is 4.83. The van der Waals surface area contributed by atoms with Gasteiger partial charge in [0.05, 0.1) is 0 Å². The van der Waals surface area contributed by atoms with Crippen molar-refractivity contribution in [2.75, 3.05) is 29.9 Å². The number of rotatable bonds is 5. The van der Waals surface area contributed by atoms with Crippen LogP contribution in [-0.2, 0) is 20.8 Å². The Bertz CT molecular complexity index is 903. The molecule has 1 N–H and O–H groups in total. The fraction of sp³-hybridized carbons (Fsp3) is 0.318. The van der Waals surface area contributed by atoms with Crippen molar-refractivity contribution in [3.05, 3.63) is 59.2 Å². The van der Waals surface area contributed by atoms with Crippen molar-refractivity contribution < 1.29 is 14.4 Å². The van der Waals surface area contributed by atoms with Crippen molar-refractivity contribution >= 4 is 29.1 Å². The van der Waals surface area contributed by atoms with Gasteiger partial charge in [0.2, 0.25) is 5.91 Å². The second-order valence-corrected chi connectivity index (χ2v) is 7.09. The number of anilines is 2. The van der Waals surface area contributed by atoms with Crippen LogP contribution in [0.1, 0.15) is 23.6 Å². The smallest absolute Gasteiger partial charge is 0.316 e. The van der Waals surface area contributed by atoms with Crippen molar-refractivity contribution in [2.24, 2.45) is 0 Å². The van der Waals surface area contributed by atoms with Crippen LogP contribution < -0.4 is 10.2 Å². The van der Waals surface area contributed by atoms with Gasteiger partial charge >= 0.3 is 11.8 Å². The Morgan fingerprint density at radius 2 is 1.68 bits per heavy atom. The predicted octanol–water partition coefficient (Wildman–Crippen LogP) is 2.68.